The molecule has 94 valence electrons. The van der Waals surface area contributed by atoms with Crippen LogP contribution in [-0.2, 0) is 18.4 Å². The Labute approximate surface area is 122 Å². The molecule has 1 heterocycles. The number of benzene rings is 2. The highest BCUT2D eigenvalue weighted by atomic mass is 32.2. The number of para-hydroxylation sites is 1. The number of aromatic nitrogens is 1. The first-order chi connectivity index (χ1) is 9.34. The van der Waals surface area contributed by atoms with Crippen LogP contribution in [0.25, 0.3) is 10.9 Å². The van der Waals surface area contributed by atoms with Crippen molar-refractivity contribution in [2.45, 2.75) is 15.5 Å². The van der Waals surface area contributed by atoms with E-state index in [0.717, 1.165) is 26.4 Å². The third kappa shape index (κ3) is 2.72. The molecule has 0 fully saturated rings. The number of fused-ring (bicyclic) bond motifs is 1. The smallest absolute Gasteiger partial charge is 0.0712 e. The lowest BCUT2D eigenvalue weighted by atomic mass is 10.2. The number of hydrogen-bond donors (Lipinski definition) is 0. The molecule has 0 aliphatic rings. The van der Waals surface area contributed by atoms with Crippen LogP contribution in [0.2, 0.25) is 0 Å². The normalized spacial score (nSPS) is 10.7. The van der Waals surface area contributed by atoms with Gasteiger partial charge in [-0.2, -0.15) is 0 Å². The monoisotopic (exact) mass is 282 g/mol. The summed E-state index contributed by atoms with van der Waals surface area (Å²) >= 11 is 7.20. The van der Waals surface area contributed by atoms with Gasteiger partial charge in [0.25, 0.3) is 0 Å². The Hall–Kier alpha value is -1.58. The van der Waals surface area contributed by atoms with E-state index in [1.54, 1.807) is 18.0 Å². The van der Waals surface area contributed by atoms with Gasteiger partial charge < -0.3 is 12.6 Å². The van der Waals surface area contributed by atoms with Gasteiger partial charge in [0.1, 0.15) is 0 Å². The molecule has 0 bridgehead atoms. The van der Waals surface area contributed by atoms with E-state index in [0.29, 0.717) is 0 Å². The predicted octanol–water partition coefficient (Wildman–Crippen LogP) is 4.43. The van der Waals surface area contributed by atoms with Crippen LogP contribution < -0.4 is 0 Å². The van der Waals surface area contributed by atoms with Gasteiger partial charge in [0.15, 0.2) is 0 Å². The van der Waals surface area contributed by atoms with Gasteiger partial charge >= 0.3 is 0 Å². The van der Waals surface area contributed by atoms with Gasteiger partial charge in [0.05, 0.1) is 5.52 Å². The van der Waals surface area contributed by atoms with Gasteiger partial charge in [0.2, 0.25) is 0 Å². The van der Waals surface area contributed by atoms with Crippen LogP contribution >= 0.6 is 11.8 Å². The number of hydrogen-bond acceptors (Lipinski definition) is 3. The molecular formula is C16H12NS2-. The second-order valence-electron chi connectivity index (χ2n) is 4.24. The fraction of sp³-hybridized carbons (Fsp3) is 0.0625. The van der Waals surface area contributed by atoms with Crippen molar-refractivity contribution in [3.8, 4) is 0 Å². The van der Waals surface area contributed by atoms with Crippen LogP contribution in [0.15, 0.2) is 70.6 Å². The van der Waals surface area contributed by atoms with Crippen LogP contribution in [0, 0.1) is 0 Å². The second-order valence-corrected chi connectivity index (χ2v) is 5.67. The number of thioether (sulfide) groups is 1. The summed E-state index contributed by atoms with van der Waals surface area (Å²) in [6, 6.07) is 18.6. The number of rotatable bonds is 3. The highest BCUT2D eigenvalue weighted by molar-refractivity contribution is 7.99. The first kappa shape index (κ1) is 12.5. The molecule has 3 aromatic rings. The highest BCUT2D eigenvalue weighted by Gasteiger charge is 2.03. The van der Waals surface area contributed by atoms with E-state index in [-0.39, 0.29) is 0 Å². The molecule has 1 aromatic heterocycles. The lowest BCUT2D eigenvalue weighted by molar-refractivity contribution is 1.20. The lowest BCUT2D eigenvalue weighted by Gasteiger charge is -2.15. The van der Waals surface area contributed by atoms with Crippen molar-refractivity contribution in [2.24, 2.45) is 0 Å². The van der Waals surface area contributed by atoms with Gasteiger partial charge in [0, 0.05) is 17.3 Å². The van der Waals surface area contributed by atoms with Crippen molar-refractivity contribution in [1.82, 2.24) is 4.98 Å². The summed E-state index contributed by atoms with van der Waals surface area (Å²) in [6.07, 6.45) is 1.78. The molecule has 0 radical (unpaired) electrons. The molecule has 2 aromatic carbocycles. The molecule has 0 amide bonds. The molecule has 0 atom stereocenters. The molecule has 3 rings (SSSR count). The molecule has 3 heteroatoms. The molecule has 0 saturated heterocycles. The van der Waals surface area contributed by atoms with Crippen LogP contribution in [-0.4, -0.2) is 4.98 Å². The van der Waals surface area contributed by atoms with Crippen molar-refractivity contribution in [2.75, 3.05) is 0 Å². The van der Waals surface area contributed by atoms with Gasteiger partial charge in [-0.3, -0.25) is 4.98 Å². The Kier molecular flexibility index (Phi) is 3.67. The average molecular weight is 282 g/mol. The van der Waals surface area contributed by atoms with E-state index < -0.39 is 0 Å². The largest absolute Gasteiger partial charge is 0.777 e. The van der Waals surface area contributed by atoms with E-state index in [1.807, 2.05) is 24.3 Å². The van der Waals surface area contributed by atoms with E-state index >= 15 is 0 Å². The molecule has 0 N–H and O–H groups in total. The summed E-state index contributed by atoms with van der Waals surface area (Å²) in [5, 5.41) is 1.15. The van der Waals surface area contributed by atoms with E-state index in [9.17, 15) is 0 Å². The molecule has 1 nitrogen and oxygen atoms in total. The molecule has 0 spiro atoms. The third-order valence-corrected chi connectivity index (χ3v) is 4.56. The minimum Gasteiger partial charge on any atom is -0.777 e. The standard InChI is InChI=1S/C16H13NS2/c18-15-10-17-14-9-5-4-8-13(14)16(15)19-11-12-6-2-1-3-7-12/h1-10,18H,11H2/p-1. The van der Waals surface area contributed by atoms with Crippen molar-refractivity contribution < 1.29 is 0 Å². The van der Waals surface area contributed by atoms with E-state index in [2.05, 4.69) is 35.3 Å². The first-order valence-corrected chi connectivity index (χ1v) is 7.45. The minimum atomic E-state index is 0.833. The third-order valence-electron chi connectivity index (χ3n) is 2.92. The minimum absolute atomic E-state index is 0.833. The first-order valence-electron chi connectivity index (χ1n) is 6.06. The van der Waals surface area contributed by atoms with Gasteiger partial charge in [-0.15, -0.1) is 16.7 Å². The zero-order valence-electron chi connectivity index (χ0n) is 10.2. The highest BCUT2D eigenvalue weighted by Crippen LogP contribution is 2.32. The SMILES string of the molecule is [S-]c1cnc2ccccc2c1SCc1ccccc1. The summed E-state index contributed by atoms with van der Waals surface area (Å²) in [4.78, 5) is 6.37. The zero-order chi connectivity index (χ0) is 13.1. The second kappa shape index (κ2) is 5.59. The Bertz CT molecular complexity index is 695. The lowest BCUT2D eigenvalue weighted by Crippen LogP contribution is -1.87. The van der Waals surface area contributed by atoms with Gasteiger partial charge in [-0.25, -0.2) is 0 Å². The van der Waals surface area contributed by atoms with Crippen molar-refractivity contribution >= 4 is 35.3 Å². The van der Waals surface area contributed by atoms with Crippen LogP contribution in [0.5, 0.6) is 0 Å². The summed E-state index contributed by atoms with van der Waals surface area (Å²) in [6.45, 7) is 0. The predicted molar refractivity (Wildman–Crippen MR) is 83.4 cm³/mol. The summed E-state index contributed by atoms with van der Waals surface area (Å²) < 4.78 is 0. The van der Waals surface area contributed by atoms with E-state index in [4.69, 9.17) is 12.6 Å². The van der Waals surface area contributed by atoms with Gasteiger partial charge in [-0.1, -0.05) is 48.5 Å². The fourth-order valence-electron chi connectivity index (χ4n) is 1.98. The zero-order valence-corrected chi connectivity index (χ0v) is 11.9. The van der Waals surface area contributed by atoms with Crippen LogP contribution in [0.1, 0.15) is 5.56 Å². The maximum Gasteiger partial charge on any atom is 0.0712 e. The summed E-state index contributed by atoms with van der Waals surface area (Å²) in [5.41, 5.74) is 2.31. The average Bonchev–Trinajstić information content (AvgIpc) is 2.47. The van der Waals surface area contributed by atoms with Crippen molar-refractivity contribution in [3.05, 3.63) is 66.4 Å². The maximum atomic E-state index is 5.41. The topological polar surface area (TPSA) is 12.9 Å². The van der Waals surface area contributed by atoms with Gasteiger partial charge in [-0.05, 0) is 16.5 Å². The Balaban J connectivity index is 1.94. The van der Waals surface area contributed by atoms with Crippen molar-refractivity contribution in [3.63, 3.8) is 0 Å². The Morgan fingerprint density at radius 2 is 1.68 bits per heavy atom. The summed E-state index contributed by atoms with van der Waals surface area (Å²) in [7, 11) is 0. The molecule has 0 saturated carbocycles. The Morgan fingerprint density at radius 1 is 0.947 bits per heavy atom. The Morgan fingerprint density at radius 3 is 2.53 bits per heavy atom. The summed E-state index contributed by atoms with van der Waals surface area (Å²) in [5.74, 6) is 0.929. The van der Waals surface area contributed by atoms with Crippen molar-refractivity contribution in [1.29, 1.82) is 0 Å². The quantitative estimate of drug-likeness (QED) is 0.521. The molecular weight excluding hydrogens is 270 g/mol. The molecule has 19 heavy (non-hydrogen) atoms. The molecule has 0 aliphatic carbocycles. The fourth-order valence-corrected chi connectivity index (χ4v) is 3.34. The maximum absolute atomic E-state index is 5.41. The number of pyridine rings is 1. The number of nitrogens with zero attached hydrogens (tertiary/aromatic N) is 1. The van der Waals surface area contributed by atoms with Crippen LogP contribution in [0.4, 0.5) is 0 Å². The molecule has 0 unspecified atom stereocenters. The molecule has 0 aliphatic heterocycles. The van der Waals surface area contributed by atoms with E-state index in [1.165, 1.54) is 5.56 Å². The van der Waals surface area contributed by atoms with Crippen LogP contribution in [0.3, 0.4) is 0 Å².